The molecule has 3 heteroatoms. The van der Waals surface area contributed by atoms with Crippen LogP contribution in [0.3, 0.4) is 0 Å². The van der Waals surface area contributed by atoms with Gasteiger partial charge in [-0.3, -0.25) is 4.40 Å². The number of fused-ring (bicyclic) bond motifs is 5. The molecular weight excluding hydrogens is 282 g/mol. The first-order valence-electron chi connectivity index (χ1n) is 8.34. The Labute approximate surface area is 136 Å². The predicted molar refractivity (Wildman–Crippen MR) is 96.1 cm³/mol. The van der Waals surface area contributed by atoms with E-state index in [4.69, 9.17) is 4.98 Å². The fourth-order valence-electron chi connectivity index (χ4n) is 3.29. The Morgan fingerprint density at radius 1 is 1.04 bits per heavy atom. The molecule has 2 aromatic heterocycles. The summed E-state index contributed by atoms with van der Waals surface area (Å²) in [6.07, 6.45) is 5.38. The van der Waals surface area contributed by atoms with Crippen molar-refractivity contribution >= 4 is 27.6 Å². The standard InChI is InChI=1S/C20H21N3/c1-4-5-7-15-8-6-9-16-19(15)20-22-17-10-13(2)14(3)11-18(17)23(20)12-21-16/h6,8-12H,4-5,7H2,1-3H3. The molecule has 0 N–H and O–H groups in total. The lowest BCUT2D eigenvalue weighted by Gasteiger charge is -2.07. The number of hydrogen-bond acceptors (Lipinski definition) is 2. The maximum atomic E-state index is 4.94. The van der Waals surface area contributed by atoms with Crippen molar-refractivity contribution in [3.8, 4) is 0 Å². The van der Waals surface area contributed by atoms with E-state index in [0.717, 1.165) is 28.6 Å². The van der Waals surface area contributed by atoms with E-state index in [9.17, 15) is 0 Å². The van der Waals surface area contributed by atoms with Gasteiger partial charge in [0.25, 0.3) is 0 Å². The van der Waals surface area contributed by atoms with Gasteiger partial charge >= 0.3 is 0 Å². The Morgan fingerprint density at radius 3 is 2.70 bits per heavy atom. The molecule has 23 heavy (non-hydrogen) atoms. The molecule has 2 heterocycles. The highest BCUT2D eigenvalue weighted by atomic mass is 15.0. The minimum absolute atomic E-state index is 1.03. The maximum absolute atomic E-state index is 4.94. The van der Waals surface area contributed by atoms with Crippen LogP contribution in [0, 0.1) is 13.8 Å². The van der Waals surface area contributed by atoms with Crippen molar-refractivity contribution in [2.45, 2.75) is 40.0 Å². The van der Waals surface area contributed by atoms with E-state index in [2.05, 4.69) is 60.5 Å². The van der Waals surface area contributed by atoms with Crippen LogP contribution in [0.2, 0.25) is 0 Å². The van der Waals surface area contributed by atoms with Crippen LogP contribution in [0.15, 0.2) is 36.7 Å². The summed E-state index contributed by atoms with van der Waals surface area (Å²) in [5, 5.41) is 1.20. The molecule has 0 bridgehead atoms. The van der Waals surface area contributed by atoms with Crippen LogP contribution in [0.4, 0.5) is 0 Å². The van der Waals surface area contributed by atoms with Gasteiger partial charge < -0.3 is 0 Å². The Hall–Kier alpha value is -2.42. The number of rotatable bonds is 3. The van der Waals surface area contributed by atoms with E-state index in [1.54, 1.807) is 0 Å². The quantitative estimate of drug-likeness (QED) is 0.533. The van der Waals surface area contributed by atoms with Gasteiger partial charge in [-0.25, -0.2) is 9.97 Å². The first kappa shape index (κ1) is 14.2. The third-order valence-electron chi connectivity index (χ3n) is 4.77. The van der Waals surface area contributed by atoms with Crippen LogP contribution in [0.25, 0.3) is 27.6 Å². The molecule has 0 aliphatic carbocycles. The van der Waals surface area contributed by atoms with Crippen LogP contribution in [-0.2, 0) is 6.42 Å². The van der Waals surface area contributed by atoms with Crippen LogP contribution < -0.4 is 0 Å². The first-order valence-corrected chi connectivity index (χ1v) is 8.34. The summed E-state index contributed by atoms with van der Waals surface area (Å²) in [5.41, 5.74) is 8.18. The molecule has 0 fully saturated rings. The minimum atomic E-state index is 1.03. The Morgan fingerprint density at radius 2 is 1.87 bits per heavy atom. The fourth-order valence-corrected chi connectivity index (χ4v) is 3.29. The van der Waals surface area contributed by atoms with Crippen molar-refractivity contribution < 1.29 is 0 Å². The van der Waals surface area contributed by atoms with Crippen LogP contribution in [0.1, 0.15) is 36.5 Å². The molecule has 0 radical (unpaired) electrons. The molecule has 3 nitrogen and oxygen atoms in total. The Balaban J connectivity index is 2.11. The molecule has 4 rings (SSSR count). The summed E-state index contributed by atoms with van der Waals surface area (Å²) in [7, 11) is 0. The zero-order valence-electron chi connectivity index (χ0n) is 13.9. The van der Waals surface area contributed by atoms with Gasteiger partial charge in [0, 0.05) is 5.39 Å². The van der Waals surface area contributed by atoms with Crippen molar-refractivity contribution in [3.63, 3.8) is 0 Å². The van der Waals surface area contributed by atoms with Crippen LogP contribution in [-0.4, -0.2) is 14.4 Å². The lowest BCUT2D eigenvalue weighted by atomic mass is 10.0. The molecule has 0 amide bonds. The molecule has 2 aromatic carbocycles. The first-order chi connectivity index (χ1) is 11.2. The van der Waals surface area contributed by atoms with Gasteiger partial charge in [0.1, 0.15) is 12.0 Å². The molecule has 0 aliphatic rings. The zero-order valence-corrected chi connectivity index (χ0v) is 13.9. The minimum Gasteiger partial charge on any atom is -0.282 e. The van der Waals surface area contributed by atoms with Gasteiger partial charge in [0.05, 0.1) is 16.6 Å². The maximum Gasteiger partial charge on any atom is 0.148 e. The van der Waals surface area contributed by atoms with Crippen molar-refractivity contribution in [1.82, 2.24) is 14.4 Å². The molecule has 0 spiro atoms. The van der Waals surface area contributed by atoms with Gasteiger partial charge in [0.2, 0.25) is 0 Å². The number of unbranched alkanes of at least 4 members (excludes halogenated alkanes) is 1. The highest BCUT2D eigenvalue weighted by Crippen LogP contribution is 2.27. The van der Waals surface area contributed by atoms with Crippen molar-refractivity contribution in [1.29, 1.82) is 0 Å². The molecule has 4 aromatic rings. The molecule has 0 saturated carbocycles. The summed E-state index contributed by atoms with van der Waals surface area (Å²) in [4.78, 5) is 9.61. The molecule has 0 atom stereocenters. The van der Waals surface area contributed by atoms with Gasteiger partial charge in [-0.05, 0) is 61.6 Å². The average Bonchev–Trinajstić information content (AvgIpc) is 2.90. The number of nitrogens with zero attached hydrogens (tertiary/aromatic N) is 3. The van der Waals surface area contributed by atoms with E-state index in [1.807, 2.05) is 6.33 Å². The van der Waals surface area contributed by atoms with E-state index < -0.39 is 0 Å². The number of benzene rings is 2. The van der Waals surface area contributed by atoms with Gasteiger partial charge in [-0.1, -0.05) is 25.5 Å². The van der Waals surface area contributed by atoms with E-state index in [1.165, 1.54) is 34.9 Å². The molecule has 116 valence electrons. The summed E-state index contributed by atoms with van der Waals surface area (Å²) in [5.74, 6) is 0. The monoisotopic (exact) mass is 303 g/mol. The smallest absolute Gasteiger partial charge is 0.148 e. The Kier molecular flexibility index (Phi) is 3.29. The van der Waals surface area contributed by atoms with Gasteiger partial charge in [0.15, 0.2) is 0 Å². The topological polar surface area (TPSA) is 30.2 Å². The second-order valence-corrected chi connectivity index (χ2v) is 6.39. The third-order valence-corrected chi connectivity index (χ3v) is 4.77. The van der Waals surface area contributed by atoms with Gasteiger partial charge in [-0.2, -0.15) is 0 Å². The summed E-state index contributed by atoms with van der Waals surface area (Å²) >= 11 is 0. The highest BCUT2D eigenvalue weighted by Gasteiger charge is 2.12. The highest BCUT2D eigenvalue weighted by molar-refractivity contribution is 5.98. The second-order valence-electron chi connectivity index (χ2n) is 6.39. The van der Waals surface area contributed by atoms with Crippen LogP contribution in [0.5, 0.6) is 0 Å². The lowest BCUT2D eigenvalue weighted by molar-refractivity contribution is 0.799. The molecular formula is C20H21N3. The number of imidazole rings is 1. The largest absolute Gasteiger partial charge is 0.282 e. The van der Waals surface area contributed by atoms with E-state index in [0.29, 0.717) is 0 Å². The van der Waals surface area contributed by atoms with Gasteiger partial charge in [-0.15, -0.1) is 0 Å². The number of aryl methyl sites for hydroxylation is 3. The summed E-state index contributed by atoms with van der Waals surface area (Å²) in [6.45, 7) is 6.52. The fraction of sp³-hybridized carbons (Fsp3) is 0.300. The Bertz CT molecular complexity index is 1030. The van der Waals surface area contributed by atoms with Crippen LogP contribution >= 0.6 is 0 Å². The molecule has 0 aliphatic heterocycles. The molecule has 0 saturated heterocycles. The average molecular weight is 303 g/mol. The zero-order chi connectivity index (χ0) is 16.0. The SMILES string of the molecule is CCCCc1cccc2ncn3c4cc(C)c(C)cc4nc3c12. The molecule has 0 unspecified atom stereocenters. The van der Waals surface area contributed by atoms with Crippen molar-refractivity contribution in [2.24, 2.45) is 0 Å². The summed E-state index contributed by atoms with van der Waals surface area (Å²) < 4.78 is 2.14. The second kappa shape index (κ2) is 5.34. The predicted octanol–water partition coefficient (Wildman–Crippen LogP) is 5.00. The normalized spacial score (nSPS) is 11.8. The van der Waals surface area contributed by atoms with Crippen molar-refractivity contribution in [2.75, 3.05) is 0 Å². The summed E-state index contributed by atoms with van der Waals surface area (Å²) in [6, 6.07) is 10.8. The number of hydrogen-bond donors (Lipinski definition) is 0. The number of aromatic nitrogens is 3. The third kappa shape index (κ3) is 2.19. The van der Waals surface area contributed by atoms with E-state index >= 15 is 0 Å². The lowest BCUT2D eigenvalue weighted by Crippen LogP contribution is -1.94. The van der Waals surface area contributed by atoms with E-state index in [-0.39, 0.29) is 0 Å². The van der Waals surface area contributed by atoms with Crippen molar-refractivity contribution in [3.05, 3.63) is 53.3 Å².